The molecule has 2 atom stereocenters. The first-order valence-electron chi connectivity index (χ1n) is 6.88. The summed E-state index contributed by atoms with van der Waals surface area (Å²) in [6.45, 7) is 2.78. The van der Waals surface area contributed by atoms with Gasteiger partial charge in [0.15, 0.2) is 0 Å². The number of fused-ring (bicyclic) bond motifs is 1. The molecule has 2 N–H and O–H groups in total. The molecule has 1 heterocycles. The van der Waals surface area contributed by atoms with E-state index in [2.05, 4.69) is 39.4 Å². The third-order valence-electron chi connectivity index (χ3n) is 4.10. The van der Waals surface area contributed by atoms with Gasteiger partial charge < -0.3 is 10.4 Å². The Kier molecular flexibility index (Phi) is 3.67. The van der Waals surface area contributed by atoms with E-state index in [0.717, 1.165) is 23.0 Å². The van der Waals surface area contributed by atoms with Crippen molar-refractivity contribution in [3.63, 3.8) is 0 Å². The molecule has 0 amide bonds. The Hall–Kier alpha value is -1.16. The number of benzene rings is 2. The van der Waals surface area contributed by atoms with E-state index in [9.17, 15) is 5.11 Å². The summed E-state index contributed by atoms with van der Waals surface area (Å²) in [4.78, 5) is 0. The second-order valence-corrected chi connectivity index (χ2v) is 6.41. The SMILES string of the molecule is CC(O)(c1ccc(Br)cc1)C1NCCc2ccccc21. The van der Waals surface area contributed by atoms with Crippen LogP contribution in [0.2, 0.25) is 0 Å². The van der Waals surface area contributed by atoms with Crippen molar-refractivity contribution in [2.75, 3.05) is 6.54 Å². The second kappa shape index (κ2) is 5.32. The molecule has 0 saturated heterocycles. The lowest BCUT2D eigenvalue weighted by Gasteiger charge is -2.38. The maximum Gasteiger partial charge on any atom is 0.106 e. The first-order valence-corrected chi connectivity index (χ1v) is 7.68. The number of halogens is 1. The highest BCUT2D eigenvalue weighted by Crippen LogP contribution is 2.38. The van der Waals surface area contributed by atoms with E-state index >= 15 is 0 Å². The van der Waals surface area contributed by atoms with Crippen LogP contribution in [0.3, 0.4) is 0 Å². The summed E-state index contributed by atoms with van der Waals surface area (Å²) >= 11 is 3.44. The van der Waals surface area contributed by atoms with Crippen LogP contribution in [0.15, 0.2) is 53.0 Å². The number of hydrogen-bond donors (Lipinski definition) is 2. The van der Waals surface area contributed by atoms with Crippen molar-refractivity contribution in [1.82, 2.24) is 5.32 Å². The third-order valence-corrected chi connectivity index (χ3v) is 4.63. The van der Waals surface area contributed by atoms with Gasteiger partial charge in [-0.3, -0.25) is 0 Å². The van der Waals surface area contributed by atoms with Crippen LogP contribution >= 0.6 is 15.9 Å². The maximum absolute atomic E-state index is 11.1. The summed E-state index contributed by atoms with van der Waals surface area (Å²) in [7, 11) is 0. The highest BCUT2D eigenvalue weighted by Gasteiger charge is 2.37. The minimum absolute atomic E-state index is 0.0753. The summed E-state index contributed by atoms with van der Waals surface area (Å²) < 4.78 is 1.02. The largest absolute Gasteiger partial charge is 0.383 e. The minimum Gasteiger partial charge on any atom is -0.383 e. The molecule has 2 aromatic rings. The van der Waals surface area contributed by atoms with Gasteiger partial charge in [-0.1, -0.05) is 52.3 Å². The average Bonchev–Trinajstić information content (AvgIpc) is 2.47. The van der Waals surface area contributed by atoms with E-state index < -0.39 is 5.60 Å². The fourth-order valence-electron chi connectivity index (χ4n) is 2.96. The monoisotopic (exact) mass is 331 g/mol. The zero-order valence-electron chi connectivity index (χ0n) is 11.4. The highest BCUT2D eigenvalue weighted by molar-refractivity contribution is 9.10. The summed E-state index contributed by atoms with van der Waals surface area (Å²) in [5.41, 5.74) is 2.52. The number of rotatable bonds is 2. The summed E-state index contributed by atoms with van der Waals surface area (Å²) in [6.07, 6.45) is 1.02. The molecule has 1 aliphatic rings. The summed E-state index contributed by atoms with van der Waals surface area (Å²) in [6, 6.07) is 16.2. The van der Waals surface area contributed by atoms with Crippen LogP contribution in [-0.2, 0) is 12.0 Å². The molecule has 104 valence electrons. The normalized spacial score (nSPS) is 21.1. The van der Waals surface area contributed by atoms with Gasteiger partial charge in [-0.05, 0) is 48.7 Å². The molecule has 2 unspecified atom stereocenters. The number of nitrogens with one attached hydrogen (secondary N) is 1. The Bertz CT molecular complexity index is 607. The van der Waals surface area contributed by atoms with Crippen molar-refractivity contribution in [1.29, 1.82) is 0 Å². The van der Waals surface area contributed by atoms with Crippen molar-refractivity contribution < 1.29 is 5.11 Å². The van der Waals surface area contributed by atoms with E-state index in [1.165, 1.54) is 11.1 Å². The molecule has 3 heteroatoms. The van der Waals surface area contributed by atoms with Gasteiger partial charge in [0.25, 0.3) is 0 Å². The van der Waals surface area contributed by atoms with Crippen LogP contribution in [0.4, 0.5) is 0 Å². The Balaban J connectivity index is 2.02. The van der Waals surface area contributed by atoms with Gasteiger partial charge in [-0.15, -0.1) is 0 Å². The second-order valence-electron chi connectivity index (χ2n) is 5.49. The van der Waals surface area contributed by atoms with Crippen LogP contribution in [0, 0.1) is 0 Å². The van der Waals surface area contributed by atoms with Crippen molar-refractivity contribution >= 4 is 15.9 Å². The Labute approximate surface area is 128 Å². The zero-order valence-corrected chi connectivity index (χ0v) is 13.0. The fourth-order valence-corrected chi connectivity index (χ4v) is 3.22. The molecule has 0 aromatic heterocycles. The Morgan fingerprint density at radius 1 is 1.15 bits per heavy atom. The zero-order chi connectivity index (χ0) is 14.2. The van der Waals surface area contributed by atoms with E-state index in [1.54, 1.807) is 0 Å². The molecule has 2 aromatic carbocycles. The van der Waals surface area contributed by atoms with Gasteiger partial charge in [-0.2, -0.15) is 0 Å². The first-order chi connectivity index (χ1) is 9.59. The molecule has 20 heavy (non-hydrogen) atoms. The van der Waals surface area contributed by atoms with Crippen LogP contribution in [0.5, 0.6) is 0 Å². The number of hydrogen-bond acceptors (Lipinski definition) is 2. The molecule has 0 fully saturated rings. The molecule has 0 saturated carbocycles. The van der Waals surface area contributed by atoms with E-state index in [1.807, 2.05) is 37.3 Å². The van der Waals surface area contributed by atoms with Crippen LogP contribution in [-0.4, -0.2) is 11.7 Å². The third kappa shape index (κ3) is 2.41. The lowest BCUT2D eigenvalue weighted by Crippen LogP contribution is -2.43. The highest BCUT2D eigenvalue weighted by atomic mass is 79.9. The van der Waals surface area contributed by atoms with Crippen LogP contribution in [0.1, 0.15) is 29.7 Å². The van der Waals surface area contributed by atoms with Gasteiger partial charge in [0.2, 0.25) is 0 Å². The summed E-state index contributed by atoms with van der Waals surface area (Å²) in [5, 5.41) is 14.5. The average molecular weight is 332 g/mol. The van der Waals surface area contributed by atoms with Crippen molar-refractivity contribution in [2.45, 2.75) is 25.0 Å². The van der Waals surface area contributed by atoms with Crippen molar-refractivity contribution in [3.8, 4) is 0 Å². The molecule has 0 radical (unpaired) electrons. The fraction of sp³-hybridized carbons (Fsp3) is 0.294. The molecule has 0 aliphatic carbocycles. The minimum atomic E-state index is -0.933. The van der Waals surface area contributed by atoms with Crippen molar-refractivity contribution in [2.24, 2.45) is 0 Å². The molecule has 3 rings (SSSR count). The van der Waals surface area contributed by atoms with Gasteiger partial charge in [0.1, 0.15) is 5.60 Å². The molecular formula is C17H18BrNO. The lowest BCUT2D eigenvalue weighted by atomic mass is 9.80. The van der Waals surface area contributed by atoms with Crippen LogP contribution in [0.25, 0.3) is 0 Å². The van der Waals surface area contributed by atoms with Crippen molar-refractivity contribution in [3.05, 3.63) is 69.7 Å². The molecular weight excluding hydrogens is 314 g/mol. The van der Waals surface area contributed by atoms with E-state index in [4.69, 9.17) is 0 Å². The molecule has 1 aliphatic heterocycles. The predicted molar refractivity (Wildman–Crippen MR) is 84.6 cm³/mol. The molecule has 2 nitrogen and oxygen atoms in total. The Morgan fingerprint density at radius 3 is 2.60 bits per heavy atom. The molecule has 0 bridgehead atoms. The van der Waals surface area contributed by atoms with E-state index in [0.29, 0.717) is 0 Å². The quantitative estimate of drug-likeness (QED) is 0.882. The van der Waals surface area contributed by atoms with Gasteiger partial charge >= 0.3 is 0 Å². The smallest absolute Gasteiger partial charge is 0.106 e. The maximum atomic E-state index is 11.1. The van der Waals surface area contributed by atoms with Gasteiger partial charge in [0.05, 0.1) is 6.04 Å². The van der Waals surface area contributed by atoms with Gasteiger partial charge in [0, 0.05) is 4.47 Å². The number of aliphatic hydroxyl groups is 1. The first kappa shape index (κ1) is 13.8. The Morgan fingerprint density at radius 2 is 1.85 bits per heavy atom. The standard InChI is InChI=1S/C17H18BrNO/c1-17(20,13-6-8-14(18)9-7-13)16-15-5-3-2-4-12(15)10-11-19-16/h2-9,16,19-20H,10-11H2,1H3. The predicted octanol–water partition coefficient (Wildman–Crippen LogP) is 3.54. The van der Waals surface area contributed by atoms with Gasteiger partial charge in [-0.25, -0.2) is 0 Å². The van der Waals surface area contributed by atoms with E-state index in [-0.39, 0.29) is 6.04 Å². The summed E-state index contributed by atoms with van der Waals surface area (Å²) in [5.74, 6) is 0. The molecule has 0 spiro atoms. The van der Waals surface area contributed by atoms with Crippen LogP contribution < -0.4 is 5.32 Å². The lowest BCUT2D eigenvalue weighted by molar-refractivity contribution is 0.0118. The topological polar surface area (TPSA) is 32.3 Å².